The molecule has 1 unspecified atom stereocenters. The maximum atomic E-state index is 11.2. The van der Waals surface area contributed by atoms with Gasteiger partial charge in [0.15, 0.2) is 0 Å². The number of nitrogens with two attached hydrogens (primary N) is 1. The molecule has 0 radical (unpaired) electrons. The molecule has 0 bridgehead atoms. The highest BCUT2D eigenvalue weighted by molar-refractivity contribution is 5.82. The average molecular weight is 280 g/mol. The minimum Gasteiger partial charge on any atom is -0.393 e. The first-order chi connectivity index (χ1) is 9.49. The van der Waals surface area contributed by atoms with Gasteiger partial charge in [0.2, 0.25) is 0 Å². The predicted molar refractivity (Wildman–Crippen MR) is 73.4 cm³/mol. The number of esters is 1. The maximum Gasteiger partial charge on any atom is 0.431 e. The Morgan fingerprint density at radius 3 is 2.55 bits per heavy atom. The summed E-state index contributed by atoms with van der Waals surface area (Å²) >= 11 is 0. The monoisotopic (exact) mass is 280 g/mol. The second-order valence-corrected chi connectivity index (χ2v) is 4.52. The summed E-state index contributed by atoms with van der Waals surface area (Å²) in [5.41, 5.74) is 1.15. The molecule has 0 saturated heterocycles. The topological polar surface area (TPSA) is 92.9 Å². The van der Waals surface area contributed by atoms with E-state index in [9.17, 15) is 14.7 Å². The van der Waals surface area contributed by atoms with Crippen LogP contribution >= 0.6 is 0 Å². The van der Waals surface area contributed by atoms with Crippen LogP contribution in [0.4, 0.5) is 4.79 Å². The van der Waals surface area contributed by atoms with Gasteiger partial charge >= 0.3 is 12.1 Å². The first kappa shape index (κ1) is 16.1. The number of rotatable bonds is 6. The van der Waals surface area contributed by atoms with Gasteiger partial charge in [-0.25, -0.2) is 15.6 Å². The van der Waals surface area contributed by atoms with E-state index in [-0.39, 0.29) is 6.54 Å². The second-order valence-electron chi connectivity index (χ2n) is 4.52. The molecule has 6 nitrogen and oxygen atoms in total. The fourth-order valence-electron chi connectivity index (χ4n) is 1.68. The minimum absolute atomic E-state index is 0.127. The van der Waals surface area contributed by atoms with Gasteiger partial charge in [0.25, 0.3) is 0 Å². The van der Waals surface area contributed by atoms with Crippen molar-refractivity contribution in [1.29, 1.82) is 0 Å². The van der Waals surface area contributed by atoms with Crippen LogP contribution in [0.1, 0.15) is 25.3 Å². The third-order valence-corrected chi connectivity index (χ3v) is 2.78. The number of aliphatic hydroxyl groups is 1. The number of aliphatic hydroxyl groups excluding tert-OH is 1. The van der Waals surface area contributed by atoms with Crippen LogP contribution in [0.15, 0.2) is 30.3 Å². The molecule has 0 aliphatic carbocycles. The van der Waals surface area contributed by atoms with E-state index in [0.717, 1.165) is 23.9 Å². The number of ether oxygens (including phenoxy) is 1. The summed E-state index contributed by atoms with van der Waals surface area (Å²) in [6.07, 6.45) is 0.194. The molecule has 1 aromatic rings. The molecule has 0 aliphatic heterocycles. The number of hydrogen-bond donors (Lipinski definition) is 2. The highest BCUT2D eigenvalue weighted by atomic mass is 16.6. The van der Waals surface area contributed by atoms with E-state index in [0.29, 0.717) is 12.8 Å². The summed E-state index contributed by atoms with van der Waals surface area (Å²) in [4.78, 5) is 21.8. The molecular formula is C14H20N2O4. The largest absolute Gasteiger partial charge is 0.431 e. The summed E-state index contributed by atoms with van der Waals surface area (Å²) in [5.74, 6) is 4.70. The Balaban J connectivity index is 2.24. The van der Waals surface area contributed by atoms with Crippen molar-refractivity contribution >= 4 is 12.1 Å². The van der Waals surface area contributed by atoms with Crippen molar-refractivity contribution in [3.05, 3.63) is 35.9 Å². The number of amides is 1. The molecule has 6 heteroatoms. The van der Waals surface area contributed by atoms with Gasteiger partial charge in [0.1, 0.15) is 0 Å². The fourth-order valence-corrected chi connectivity index (χ4v) is 1.68. The molecule has 0 aromatic heterocycles. The zero-order valence-electron chi connectivity index (χ0n) is 11.5. The van der Waals surface area contributed by atoms with Crippen LogP contribution < -0.4 is 5.84 Å². The van der Waals surface area contributed by atoms with Crippen molar-refractivity contribution in [2.45, 2.75) is 32.3 Å². The van der Waals surface area contributed by atoms with Gasteiger partial charge in [-0.2, -0.15) is 0 Å². The maximum absolute atomic E-state index is 11.2. The third kappa shape index (κ3) is 6.31. The van der Waals surface area contributed by atoms with Gasteiger partial charge in [-0.1, -0.05) is 30.3 Å². The minimum atomic E-state index is -0.909. The Bertz CT molecular complexity index is 436. The van der Waals surface area contributed by atoms with Crippen LogP contribution in [-0.2, 0) is 16.0 Å². The van der Waals surface area contributed by atoms with E-state index in [1.807, 2.05) is 30.3 Å². The Kier molecular flexibility index (Phi) is 6.69. The lowest BCUT2D eigenvalue weighted by Gasteiger charge is -2.17. The van der Waals surface area contributed by atoms with Crippen molar-refractivity contribution in [2.24, 2.45) is 5.84 Å². The molecule has 0 spiro atoms. The lowest BCUT2D eigenvalue weighted by atomic mass is 10.1. The van der Waals surface area contributed by atoms with Crippen molar-refractivity contribution in [1.82, 2.24) is 5.01 Å². The zero-order valence-corrected chi connectivity index (χ0v) is 11.5. The van der Waals surface area contributed by atoms with Gasteiger partial charge in [-0.3, -0.25) is 4.79 Å². The first-order valence-corrected chi connectivity index (χ1v) is 6.45. The molecule has 0 saturated carbocycles. The quantitative estimate of drug-likeness (QED) is 0.269. The van der Waals surface area contributed by atoms with Crippen LogP contribution in [0.3, 0.4) is 0 Å². The predicted octanol–water partition coefficient (Wildman–Crippen LogP) is 1.23. The van der Waals surface area contributed by atoms with E-state index in [1.165, 1.54) is 0 Å². The summed E-state index contributed by atoms with van der Waals surface area (Å²) in [6.45, 7) is 1.25. The van der Waals surface area contributed by atoms with Crippen molar-refractivity contribution in [3.8, 4) is 0 Å². The molecule has 1 amide bonds. The number of benzene rings is 1. The zero-order chi connectivity index (χ0) is 15.0. The van der Waals surface area contributed by atoms with Gasteiger partial charge in [-0.05, 0) is 24.8 Å². The molecule has 1 atom stereocenters. The molecule has 1 aromatic carbocycles. The van der Waals surface area contributed by atoms with E-state index in [1.54, 1.807) is 0 Å². The van der Waals surface area contributed by atoms with E-state index in [4.69, 9.17) is 5.84 Å². The Morgan fingerprint density at radius 1 is 1.30 bits per heavy atom. The van der Waals surface area contributed by atoms with E-state index >= 15 is 0 Å². The lowest BCUT2D eigenvalue weighted by molar-refractivity contribution is -0.135. The Hall–Kier alpha value is -1.92. The number of hydrogen-bond acceptors (Lipinski definition) is 5. The van der Waals surface area contributed by atoms with E-state index < -0.39 is 18.2 Å². The molecule has 0 fully saturated rings. The Morgan fingerprint density at radius 2 is 1.95 bits per heavy atom. The van der Waals surface area contributed by atoms with Crippen LogP contribution in [-0.4, -0.2) is 34.8 Å². The summed E-state index contributed by atoms with van der Waals surface area (Å²) < 4.78 is 4.32. The normalized spacial score (nSPS) is 11.8. The van der Waals surface area contributed by atoms with Crippen molar-refractivity contribution < 1.29 is 19.4 Å². The lowest BCUT2D eigenvalue weighted by Crippen LogP contribution is -2.40. The molecule has 0 aliphatic rings. The summed E-state index contributed by atoms with van der Waals surface area (Å²) in [5, 5.41) is 10.6. The Labute approximate surface area is 118 Å². The van der Waals surface area contributed by atoms with Gasteiger partial charge in [0, 0.05) is 13.5 Å². The van der Waals surface area contributed by atoms with E-state index in [2.05, 4.69) is 4.74 Å². The number of aryl methyl sites for hydroxylation is 1. The first-order valence-electron chi connectivity index (χ1n) is 6.45. The SMILES string of the molecule is CC(=O)OC(=O)N(N)CCC(O)CCc1ccccc1. The number of carbonyl (C=O) groups is 2. The smallest absolute Gasteiger partial charge is 0.393 e. The molecule has 1 rings (SSSR count). The van der Waals surface area contributed by atoms with Crippen molar-refractivity contribution in [2.75, 3.05) is 6.54 Å². The standard InChI is InChI=1S/C14H20N2O4/c1-11(17)20-14(19)16(15)10-9-13(18)8-7-12-5-3-2-4-6-12/h2-6,13,18H,7-10,15H2,1H3. The van der Waals surface area contributed by atoms with Gasteiger partial charge < -0.3 is 9.84 Å². The van der Waals surface area contributed by atoms with Gasteiger partial charge in [0.05, 0.1) is 6.10 Å². The molecule has 3 N–H and O–H groups in total. The van der Waals surface area contributed by atoms with Crippen LogP contribution in [0, 0.1) is 0 Å². The van der Waals surface area contributed by atoms with Gasteiger partial charge in [-0.15, -0.1) is 0 Å². The molecule has 20 heavy (non-hydrogen) atoms. The third-order valence-electron chi connectivity index (χ3n) is 2.78. The average Bonchev–Trinajstić information content (AvgIpc) is 2.42. The van der Waals surface area contributed by atoms with Crippen LogP contribution in [0.2, 0.25) is 0 Å². The fraction of sp³-hybridized carbons (Fsp3) is 0.429. The van der Waals surface area contributed by atoms with Crippen LogP contribution in [0.5, 0.6) is 0 Å². The highest BCUT2D eigenvalue weighted by Crippen LogP contribution is 2.07. The highest BCUT2D eigenvalue weighted by Gasteiger charge is 2.14. The number of carbonyl (C=O) groups excluding carboxylic acids is 2. The van der Waals surface area contributed by atoms with Crippen LogP contribution in [0.25, 0.3) is 0 Å². The van der Waals surface area contributed by atoms with Crippen molar-refractivity contribution in [3.63, 3.8) is 0 Å². The molecule has 0 heterocycles. The summed E-state index contributed by atoms with van der Waals surface area (Å²) in [7, 11) is 0. The number of hydrazine groups is 1. The molecule has 110 valence electrons. The second kappa shape index (κ2) is 8.29. The number of nitrogens with zero attached hydrogens (tertiary/aromatic N) is 1. The molecular weight excluding hydrogens is 260 g/mol. The summed E-state index contributed by atoms with van der Waals surface area (Å²) in [6, 6.07) is 9.81.